The number of aliphatic hydroxyl groups excluding tert-OH is 1. The van der Waals surface area contributed by atoms with E-state index in [-0.39, 0.29) is 18.0 Å². The van der Waals surface area contributed by atoms with E-state index in [0.717, 1.165) is 12.0 Å². The van der Waals surface area contributed by atoms with Gasteiger partial charge in [-0.05, 0) is 32.3 Å². The Labute approximate surface area is 108 Å². The highest BCUT2D eigenvalue weighted by Gasteiger charge is 2.37. The van der Waals surface area contributed by atoms with Crippen LogP contribution in [0.15, 0.2) is 35.5 Å². The van der Waals surface area contributed by atoms with Crippen molar-refractivity contribution in [3.8, 4) is 0 Å². The number of aliphatic hydroxyl groups is 1. The van der Waals surface area contributed by atoms with Gasteiger partial charge in [-0.2, -0.15) is 0 Å². The van der Waals surface area contributed by atoms with Gasteiger partial charge in [0.05, 0.1) is 6.10 Å². The van der Waals surface area contributed by atoms with E-state index in [2.05, 4.69) is 6.58 Å². The van der Waals surface area contributed by atoms with Crippen LogP contribution >= 0.6 is 0 Å². The smallest absolute Gasteiger partial charge is 0.334 e. The number of allylic oxidation sites excluding steroid dienone is 1. The Morgan fingerprint density at radius 1 is 1.33 bits per heavy atom. The first-order valence-corrected chi connectivity index (χ1v) is 6.39. The second kappa shape index (κ2) is 5.11. The van der Waals surface area contributed by atoms with Crippen LogP contribution in [-0.4, -0.2) is 23.3 Å². The van der Waals surface area contributed by atoms with Crippen LogP contribution in [0.3, 0.4) is 0 Å². The van der Waals surface area contributed by atoms with Crippen molar-refractivity contribution >= 4 is 5.97 Å². The van der Waals surface area contributed by atoms with Gasteiger partial charge < -0.3 is 9.84 Å². The van der Waals surface area contributed by atoms with E-state index in [9.17, 15) is 9.90 Å². The van der Waals surface area contributed by atoms with Gasteiger partial charge in [-0.25, -0.2) is 4.79 Å². The molecule has 1 aliphatic heterocycles. The summed E-state index contributed by atoms with van der Waals surface area (Å²) in [7, 11) is 0. The van der Waals surface area contributed by atoms with E-state index >= 15 is 0 Å². The first kappa shape index (κ1) is 13.1. The van der Waals surface area contributed by atoms with Gasteiger partial charge in [0.1, 0.15) is 6.10 Å². The molecule has 1 saturated heterocycles. The molecule has 3 heteroatoms. The highest BCUT2D eigenvalue weighted by molar-refractivity contribution is 5.90. The molecule has 18 heavy (non-hydrogen) atoms. The molecule has 3 nitrogen and oxygen atoms in total. The van der Waals surface area contributed by atoms with E-state index in [1.54, 1.807) is 0 Å². The lowest BCUT2D eigenvalue weighted by atomic mass is 9.87. The molecule has 0 bridgehead atoms. The van der Waals surface area contributed by atoms with Crippen LogP contribution in [0.1, 0.15) is 33.1 Å². The Bertz CT molecular complexity index is 431. The molecule has 0 radical (unpaired) electrons. The molecule has 2 aliphatic rings. The third-order valence-electron chi connectivity index (χ3n) is 3.85. The molecule has 2 rings (SSSR count). The number of esters is 1. The van der Waals surface area contributed by atoms with Crippen molar-refractivity contribution in [2.45, 2.75) is 45.3 Å². The molecule has 0 saturated carbocycles. The van der Waals surface area contributed by atoms with Crippen molar-refractivity contribution in [1.82, 2.24) is 0 Å². The maximum absolute atomic E-state index is 11.6. The first-order chi connectivity index (χ1) is 8.49. The van der Waals surface area contributed by atoms with Gasteiger partial charge in [0.25, 0.3) is 0 Å². The number of fused-ring (bicyclic) bond motifs is 1. The van der Waals surface area contributed by atoms with Crippen LogP contribution in [-0.2, 0) is 9.53 Å². The lowest BCUT2D eigenvalue weighted by Gasteiger charge is -2.20. The van der Waals surface area contributed by atoms with Crippen LogP contribution < -0.4 is 0 Å². The van der Waals surface area contributed by atoms with E-state index in [4.69, 9.17) is 4.74 Å². The molecule has 98 valence electrons. The normalized spacial score (nSPS) is 39.2. The van der Waals surface area contributed by atoms with Crippen LogP contribution in [0.4, 0.5) is 0 Å². The molecule has 1 fully saturated rings. The lowest BCUT2D eigenvalue weighted by Crippen LogP contribution is -2.18. The summed E-state index contributed by atoms with van der Waals surface area (Å²) in [5, 5.41) is 9.92. The summed E-state index contributed by atoms with van der Waals surface area (Å²) in [6.45, 7) is 7.78. The summed E-state index contributed by atoms with van der Waals surface area (Å²) in [5.41, 5.74) is 2.70. The van der Waals surface area contributed by atoms with Crippen LogP contribution in [0.25, 0.3) is 0 Å². The third-order valence-corrected chi connectivity index (χ3v) is 3.85. The minimum atomic E-state index is -0.434. The molecule has 0 spiro atoms. The van der Waals surface area contributed by atoms with Crippen molar-refractivity contribution in [3.05, 3.63) is 35.5 Å². The predicted molar refractivity (Wildman–Crippen MR) is 69.9 cm³/mol. The van der Waals surface area contributed by atoms with Crippen LogP contribution in [0.5, 0.6) is 0 Å². The summed E-state index contributed by atoms with van der Waals surface area (Å²) in [4.78, 5) is 11.6. The summed E-state index contributed by atoms with van der Waals surface area (Å²) in [6, 6.07) is 0. The predicted octanol–water partition coefficient (Wildman–Crippen LogP) is 2.52. The topological polar surface area (TPSA) is 46.5 Å². The van der Waals surface area contributed by atoms with Crippen molar-refractivity contribution in [3.63, 3.8) is 0 Å². The van der Waals surface area contributed by atoms with E-state index in [1.165, 1.54) is 5.57 Å². The van der Waals surface area contributed by atoms with E-state index in [0.29, 0.717) is 18.4 Å². The summed E-state index contributed by atoms with van der Waals surface area (Å²) in [6.07, 6.45) is 5.53. The van der Waals surface area contributed by atoms with Gasteiger partial charge in [-0.1, -0.05) is 24.3 Å². The van der Waals surface area contributed by atoms with Crippen molar-refractivity contribution in [1.29, 1.82) is 0 Å². The number of rotatable bonds is 0. The Balaban J connectivity index is 2.27. The molecule has 1 aliphatic carbocycles. The van der Waals surface area contributed by atoms with Gasteiger partial charge >= 0.3 is 5.97 Å². The monoisotopic (exact) mass is 248 g/mol. The van der Waals surface area contributed by atoms with Crippen LogP contribution in [0, 0.1) is 5.92 Å². The van der Waals surface area contributed by atoms with Gasteiger partial charge in [0.15, 0.2) is 0 Å². The molecule has 0 aromatic heterocycles. The fourth-order valence-corrected chi connectivity index (χ4v) is 2.51. The number of carbonyl (C=O) groups excluding carboxylic acids is 1. The highest BCUT2D eigenvalue weighted by atomic mass is 16.6. The van der Waals surface area contributed by atoms with Gasteiger partial charge in [-0.3, -0.25) is 0 Å². The number of hydrogen-bond acceptors (Lipinski definition) is 3. The summed E-state index contributed by atoms with van der Waals surface area (Å²) in [5.74, 6) is -0.198. The summed E-state index contributed by atoms with van der Waals surface area (Å²) >= 11 is 0. The van der Waals surface area contributed by atoms with Crippen LogP contribution in [0.2, 0.25) is 0 Å². The zero-order valence-electron chi connectivity index (χ0n) is 11.0. The zero-order chi connectivity index (χ0) is 13.3. The Morgan fingerprint density at radius 3 is 2.78 bits per heavy atom. The third kappa shape index (κ3) is 2.56. The van der Waals surface area contributed by atoms with Crippen molar-refractivity contribution in [2.75, 3.05) is 0 Å². The second-order valence-corrected chi connectivity index (χ2v) is 5.27. The van der Waals surface area contributed by atoms with Crippen molar-refractivity contribution < 1.29 is 14.6 Å². The Morgan fingerprint density at radius 2 is 2.06 bits per heavy atom. The average Bonchev–Trinajstić information content (AvgIpc) is 2.60. The highest BCUT2D eigenvalue weighted by Crippen LogP contribution is 2.34. The fourth-order valence-electron chi connectivity index (χ4n) is 2.51. The first-order valence-electron chi connectivity index (χ1n) is 6.39. The fraction of sp³-hybridized carbons (Fsp3) is 0.533. The second-order valence-electron chi connectivity index (χ2n) is 5.27. The average molecular weight is 248 g/mol. The van der Waals surface area contributed by atoms with Gasteiger partial charge in [0, 0.05) is 17.9 Å². The number of ether oxygens (including phenoxy) is 1. The molecule has 0 unspecified atom stereocenters. The minimum absolute atomic E-state index is 0.0769. The quantitative estimate of drug-likeness (QED) is 0.407. The standard InChI is InChI=1S/C15H20O3/c1-9-4-6-13(16)10(2)5-7-14-12(8-9)11(3)15(17)18-14/h4-5,12-14,16H,3,6-8H2,1-2H3/b9-4+,10-5+/t12-,13+,14+/m0/s1. The number of carbonyl (C=O) groups is 1. The molecule has 0 aromatic carbocycles. The van der Waals surface area contributed by atoms with E-state index < -0.39 is 6.10 Å². The van der Waals surface area contributed by atoms with Crippen molar-refractivity contribution in [2.24, 2.45) is 5.92 Å². The Hall–Kier alpha value is -1.35. The molecule has 0 aromatic rings. The SMILES string of the molecule is C=C1C(=O)O[C@@H]2C/C=C(\C)[C@H](O)C/C=C(\C)C[C@@H]12. The molecule has 1 heterocycles. The summed E-state index contributed by atoms with van der Waals surface area (Å²) < 4.78 is 5.35. The molecule has 0 amide bonds. The maximum atomic E-state index is 11.6. The molecular weight excluding hydrogens is 228 g/mol. The van der Waals surface area contributed by atoms with E-state index in [1.807, 2.05) is 26.0 Å². The van der Waals surface area contributed by atoms with Gasteiger partial charge in [0.2, 0.25) is 0 Å². The molecule has 1 N–H and O–H groups in total. The van der Waals surface area contributed by atoms with Gasteiger partial charge in [-0.15, -0.1) is 0 Å². The molecular formula is C15H20O3. The zero-order valence-corrected chi connectivity index (χ0v) is 11.0. The number of hydrogen-bond donors (Lipinski definition) is 1. The molecule has 3 atom stereocenters. The lowest BCUT2D eigenvalue weighted by molar-refractivity contribution is -0.139. The maximum Gasteiger partial charge on any atom is 0.334 e. The Kier molecular flexibility index (Phi) is 3.71. The largest absolute Gasteiger partial charge is 0.458 e. The minimum Gasteiger partial charge on any atom is -0.458 e.